The van der Waals surface area contributed by atoms with Crippen LogP contribution in [0.1, 0.15) is 38.8 Å². The predicted molar refractivity (Wildman–Crippen MR) is 86.3 cm³/mol. The molecule has 0 heterocycles. The molecule has 20 heavy (non-hydrogen) atoms. The van der Waals surface area contributed by atoms with Crippen molar-refractivity contribution in [2.45, 2.75) is 38.8 Å². The van der Waals surface area contributed by atoms with Crippen LogP contribution in [-0.4, -0.2) is 42.3 Å². The van der Waals surface area contributed by atoms with E-state index in [0.29, 0.717) is 6.54 Å². The van der Waals surface area contributed by atoms with Gasteiger partial charge in [-0.2, -0.15) is 0 Å². The van der Waals surface area contributed by atoms with Crippen molar-refractivity contribution >= 4 is 11.6 Å². The lowest BCUT2D eigenvalue weighted by Gasteiger charge is -2.29. The summed E-state index contributed by atoms with van der Waals surface area (Å²) in [5, 5.41) is 14.1. The van der Waals surface area contributed by atoms with Gasteiger partial charge in [-0.15, -0.1) is 0 Å². The molecule has 1 aromatic carbocycles. The van der Waals surface area contributed by atoms with Gasteiger partial charge >= 0.3 is 0 Å². The van der Waals surface area contributed by atoms with Gasteiger partial charge in [-0.1, -0.05) is 36.7 Å². The predicted octanol–water partition coefficient (Wildman–Crippen LogP) is 3.08. The Bertz CT molecular complexity index is 404. The second kappa shape index (κ2) is 7.99. The number of benzene rings is 1. The van der Waals surface area contributed by atoms with Gasteiger partial charge in [-0.25, -0.2) is 0 Å². The molecule has 4 heteroatoms. The van der Waals surface area contributed by atoms with Crippen LogP contribution < -0.4 is 5.32 Å². The Morgan fingerprint density at radius 2 is 2.00 bits per heavy atom. The van der Waals surface area contributed by atoms with Gasteiger partial charge in [-0.05, 0) is 45.5 Å². The lowest BCUT2D eigenvalue weighted by molar-refractivity contribution is 0.0367. The van der Waals surface area contributed by atoms with Crippen LogP contribution in [0.4, 0.5) is 0 Å². The van der Waals surface area contributed by atoms with Crippen molar-refractivity contribution in [2.75, 3.05) is 26.7 Å². The minimum absolute atomic E-state index is 0.236. The molecule has 2 N–H and O–H groups in total. The molecule has 0 saturated heterocycles. The van der Waals surface area contributed by atoms with Gasteiger partial charge in [0.2, 0.25) is 0 Å². The SMILES string of the molecule is CCN(CCC(NC)c1ccccc1Cl)CC(C)(C)O. The fourth-order valence-corrected chi connectivity index (χ4v) is 2.69. The maximum atomic E-state index is 9.92. The summed E-state index contributed by atoms with van der Waals surface area (Å²) in [6, 6.07) is 8.19. The number of halogens is 1. The standard InChI is InChI=1S/C16H27ClN2O/c1-5-19(12-16(2,3)20)11-10-15(18-4)13-8-6-7-9-14(13)17/h6-9,15,18,20H,5,10-12H2,1-4H3. The number of nitrogens with zero attached hydrogens (tertiary/aromatic N) is 1. The van der Waals surface area contributed by atoms with Crippen LogP contribution in [-0.2, 0) is 0 Å². The topological polar surface area (TPSA) is 35.5 Å². The smallest absolute Gasteiger partial charge is 0.0718 e. The molecule has 1 rings (SSSR count). The third kappa shape index (κ3) is 5.80. The van der Waals surface area contributed by atoms with Crippen LogP contribution in [0.2, 0.25) is 5.02 Å². The highest BCUT2D eigenvalue weighted by atomic mass is 35.5. The first-order valence-corrected chi connectivity index (χ1v) is 7.61. The second-order valence-corrected chi connectivity index (χ2v) is 6.24. The Hall–Kier alpha value is -0.610. The molecule has 1 atom stereocenters. The molecule has 0 saturated carbocycles. The first-order valence-electron chi connectivity index (χ1n) is 7.23. The van der Waals surface area contributed by atoms with E-state index in [2.05, 4.69) is 23.2 Å². The Morgan fingerprint density at radius 1 is 1.35 bits per heavy atom. The van der Waals surface area contributed by atoms with Gasteiger partial charge in [-0.3, -0.25) is 0 Å². The van der Waals surface area contributed by atoms with E-state index in [4.69, 9.17) is 11.6 Å². The summed E-state index contributed by atoms with van der Waals surface area (Å²) in [6.45, 7) is 8.36. The van der Waals surface area contributed by atoms with Crippen LogP contribution in [0.3, 0.4) is 0 Å². The zero-order chi connectivity index (χ0) is 15.2. The van der Waals surface area contributed by atoms with Crippen molar-refractivity contribution < 1.29 is 5.11 Å². The zero-order valence-electron chi connectivity index (χ0n) is 13.0. The molecule has 0 aliphatic heterocycles. The van der Waals surface area contributed by atoms with Gasteiger partial charge in [0.15, 0.2) is 0 Å². The molecule has 3 nitrogen and oxygen atoms in total. The van der Waals surface area contributed by atoms with E-state index in [-0.39, 0.29) is 6.04 Å². The van der Waals surface area contributed by atoms with E-state index in [1.165, 1.54) is 0 Å². The number of hydrogen-bond acceptors (Lipinski definition) is 3. The minimum atomic E-state index is -0.657. The van der Waals surface area contributed by atoms with E-state index in [1.807, 2.05) is 39.1 Å². The fraction of sp³-hybridized carbons (Fsp3) is 0.625. The van der Waals surface area contributed by atoms with Crippen LogP contribution in [0.5, 0.6) is 0 Å². The molecule has 0 bridgehead atoms. The van der Waals surface area contributed by atoms with Gasteiger partial charge < -0.3 is 15.3 Å². The monoisotopic (exact) mass is 298 g/mol. The molecule has 1 aromatic rings. The second-order valence-electron chi connectivity index (χ2n) is 5.83. The van der Waals surface area contributed by atoms with Crippen LogP contribution in [0.25, 0.3) is 0 Å². The average Bonchev–Trinajstić information content (AvgIpc) is 2.38. The Morgan fingerprint density at radius 3 is 2.50 bits per heavy atom. The molecule has 0 aromatic heterocycles. The quantitative estimate of drug-likeness (QED) is 0.774. The lowest BCUT2D eigenvalue weighted by Crippen LogP contribution is -2.39. The largest absolute Gasteiger partial charge is 0.389 e. The number of nitrogens with one attached hydrogen (secondary N) is 1. The normalized spacial score (nSPS) is 13.8. The first kappa shape index (κ1) is 17.4. The molecule has 0 aliphatic carbocycles. The molecule has 0 radical (unpaired) electrons. The van der Waals surface area contributed by atoms with Crippen molar-refractivity contribution in [1.29, 1.82) is 0 Å². The van der Waals surface area contributed by atoms with E-state index >= 15 is 0 Å². The average molecular weight is 299 g/mol. The summed E-state index contributed by atoms with van der Waals surface area (Å²) in [5.41, 5.74) is 0.478. The molecule has 114 valence electrons. The van der Waals surface area contributed by atoms with E-state index in [0.717, 1.165) is 30.1 Å². The molecule has 0 amide bonds. The summed E-state index contributed by atoms with van der Waals surface area (Å²) in [5.74, 6) is 0. The highest BCUT2D eigenvalue weighted by molar-refractivity contribution is 6.31. The maximum Gasteiger partial charge on any atom is 0.0718 e. The van der Waals surface area contributed by atoms with Crippen molar-refractivity contribution in [3.8, 4) is 0 Å². The van der Waals surface area contributed by atoms with E-state index < -0.39 is 5.60 Å². The number of rotatable bonds is 8. The zero-order valence-corrected chi connectivity index (χ0v) is 13.7. The van der Waals surface area contributed by atoms with Crippen LogP contribution >= 0.6 is 11.6 Å². The highest BCUT2D eigenvalue weighted by Crippen LogP contribution is 2.25. The third-order valence-electron chi connectivity index (χ3n) is 3.42. The van der Waals surface area contributed by atoms with E-state index in [9.17, 15) is 5.11 Å². The fourth-order valence-electron chi connectivity index (χ4n) is 2.42. The third-order valence-corrected chi connectivity index (χ3v) is 3.77. The molecule has 0 spiro atoms. The van der Waals surface area contributed by atoms with Crippen molar-refractivity contribution in [2.24, 2.45) is 0 Å². The summed E-state index contributed by atoms with van der Waals surface area (Å²) in [4.78, 5) is 2.27. The minimum Gasteiger partial charge on any atom is -0.389 e. The molecular formula is C16H27ClN2O. The number of aliphatic hydroxyl groups is 1. The van der Waals surface area contributed by atoms with Crippen LogP contribution in [0, 0.1) is 0 Å². The molecule has 0 aliphatic rings. The Balaban J connectivity index is 2.63. The van der Waals surface area contributed by atoms with Crippen molar-refractivity contribution in [3.05, 3.63) is 34.9 Å². The van der Waals surface area contributed by atoms with Crippen molar-refractivity contribution in [3.63, 3.8) is 0 Å². The Labute approximate surface area is 127 Å². The lowest BCUT2D eigenvalue weighted by atomic mass is 10.0. The summed E-state index contributed by atoms with van der Waals surface area (Å²) in [7, 11) is 1.96. The molecular weight excluding hydrogens is 272 g/mol. The van der Waals surface area contributed by atoms with Gasteiger partial charge in [0.25, 0.3) is 0 Å². The van der Waals surface area contributed by atoms with Crippen molar-refractivity contribution in [1.82, 2.24) is 10.2 Å². The number of likely N-dealkylation sites (N-methyl/N-ethyl adjacent to an activating group) is 1. The van der Waals surface area contributed by atoms with Gasteiger partial charge in [0.1, 0.15) is 0 Å². The highest BCUT2D eigenvalue weighted by Gasteiger charge is 2.19. The number of hydrogen-bond donors (Lipinski definition) is 2. The van der Waals surface area contributed by atoms with Crippen LogP contribution in [0.15, 0.2) is 24.3 Å². The molecule has 0 fully saturated rings. The maximum absolute atomic E-state index is 9.92. The Kier molecular flexibility index (Phi) is 6.96. The first-order chi connectivity index (χ1) is 9.37. The van der Waals surface area contributed by atoms with Gasteiger partial charge in [0, 0.05) is 24.2 Å². The molecule has 1 unspecified atom stereocenters. The summed E-state index contributed by atoms with van der Waals surface area (Å²) < 4.78 is 0. The summed E-state index contributed by atoms with van der Waals surface area (Å²) in [6.07, 6.45) is 0.962. The van der Waals surface area contributed by atoms with E-state index in [1.54, 1.807) is 0 Å². The summed E-state index contributed by atoms with van der Waals surface area (Å²) >= 11 is 6.26. The van der Waals surface area contributed by atoms with Gasteiger partial charge in [0.05, 0.1) is 5.60 Å².